The van der Waals surface area contributed by atoms with Crippen molar-refractivity contribution in [1.29, 1.82) is 0 Å². The third kappa shape index (κ3) is 5.18. The number of aryl methyl sites for hydroxylation is 1. The highest BCUT2D eigenvalue weighted by Crippen LogP contribution is 2.09. The molecule has 0 unspecified atom stereocenters. The fourth-order valence-corrected chi connectivity index (χ4v) is 2.71. The third-order valence-electron chi connectivity index (χ3n) is 4.12. The van der Waals surface area contributed by atoms with E-state index in [1.165, 1.54) is 16.7 Å². The number of anilines is 1. The summed E-state index contributed by atoms with van der Waals surface area (Å²) < 4.78 is 0. The standard InChI is InChI=1S/C22H23N3O/c1-17-6-5-9-19(14-17)15-24-21-11-10-20(16-25-21)22(26)23-13-12-18-7-3-2-4-8-18/h2-11,14,16H,12-13,15H2,1H3,(H,23,26)(H,24,25). The van der Waals surface area contributed by atoms with E-state index in [2.05, 4.69) is 52.9 Å². The molecule has 1 heterocycles. The average Bonchev–Trinajstić information content (AvgIpc) is 2.68. The molecule has 0 aliphatic carbocycles. The van der Waals surface area contributed by atoms with E-state index in [0.29, 0.717) is 18.7 Å². The Morgan fingerprint density at radius 1 is 0.962 bits per heavy atom. The Morgan fingerprint density at radius 3 is 2.50 bits per heavy atom. The van der Waals surface area contributed by atoms with Gasteiger partial charge in [0.05, 0.1) is 5.56 Å². The molecule has 132 valence electrons. The number of hydrogen-bond donors (Lipinski definition) is 2. The first-order valence-electron chi connectivity index (χ1n) is 8.78. The molecule has 0 saturated carbocycles. The molecule has 0 radical (unpaired) electrons. The summed E-state index contributed by atoms with van der Waals surface area (Å²) >= 11 is 0. The van der Waals surface area contributed by atoms with E-state index in [0.717, 1.165) is 12.2 Å². The van der Waals surface area contributed by atoms with Gasteiger partial charge in [-0.3, -0.25) is 4.79 Å². The maximum Gasteiger partial charge on any atom is 0.252 e. The Bertz CT molecular complexity index is 845. The Hall–Kier alpha value is -3.14. The average molecular weight is 345 g/mol. The summed E-state index contributed by atoms with van der Waals surface area (Å²) in [6.07, 6.45) is 2.42. The molecule has 0 aliphatic heterocycles. The largest absolute Gasteiger partial charge is 0.366 e. The molecule has 4 nitrogen and oxygen atoms in total. The van der Waals surface area contributed by atoms with Gasteiger partial charge in [-0.25, -0.2) is 4.98 Å². The summed E-state index contributed by atoms with van der Waals surface area (Å²) in [4.78, 5) is 16.5. The van der Waals surface area contributed by atoms with Crippen LogP contribution in [-0.2, 0) is 13.0 Å². The fourth-order valence-electron chi connectivity index (χ4n) is 2.71. The number of benzene rings is 2. The molecule has 2 N–H and O–H groups in total. The van der Waals surface area contributed by atoms with E-state index in [-0.39, 0.29) is 5.91 Å². The molecular formula is C22H23N3O. The number of nitrogens with one attached hydrogen (secondary N) is 2. The van der Waals surface area contributed by atoms with Gasteiger partial charge in [0.2, 0.25) is 0 Å². The zero-order valence-electron chi connectivity index (χ0n) is 14.9. The van der Waals surface area contributed by atoms with Crippen molar-refractivity contribution in [2.24, 2.45) is 0 Å². The quantitative estimate of drug-likeness (QED) is 0.681. The second kappa shape index (κ2) is 8.81. The molecule has 0 fully saturated rings. The van der Waals surface area contributed by atoms with E-state index in [1.807, 2.05) is 30.3 Å². The Labute approximate surface area is 154 Å². The zero-order chi connectivity index (χ0) is 18.2. The predicted octanol–water partition coefficient (Wildman–Crippen LogP) is 3.97. The van der Waals surface area contributed by atoms with Crippen LogP contribution in [0.4, 0.5) is 5.82 Å². The molecule has 0 spiro atoms. The lowest BCUT2D eigenvalue weighted by atomic mass is 10.1. The molecule has 0 bridgehead atoms. The van der Waals surface area contributed by atoms with Crippen molar-refractivity contribution in [1.82, 2.24) is 10.3 Å². The number of nitrogens with zero attached hydrogens (tertiary/aromatic N) is 1. The summed E-state index contributed by atoms with van der Waals surface area (Å²) in [5, 5.41) is 6.21. The highest BCUT2D eigenvalue weighted by molar-refractivity contribution is 5.94. The van der Waals surface area contributed by atoms with Crippen LogP contribution in [0.15, 0.2) is 72.9 Å². The van der Waals surface area contributed by atoms with E-state index < -0.39 is 0 Å². The van der Waals surface area contributed by atoms with Gasteiger partial charge in [-0.15, -0.1) is 0 Å². The summed E-state index contributed by atoms with van der Waals surface area (Å²) in [7, 11) is 0. The van der Waals surface area contributed by atoms with Gasteiger partial charge in [0, 0.05) is 19.3 Å². The highest BCUT2D eigenvalue weighted by atomic mass is 16.1. The zero-order valence-corrected chi connectivity index (χ0v) is 14.9. The molecule has 0 aliphatic rings. The molecule has 26 heavy (non-hydrogen) atoms. The number of carbonyl (C=O) groups excluding carboxylic acids is 1. The number of carbonyl (C=O) groups is 1. The van der Waals surface area contributed by atoms with Crippen molar-refractivity contribution in [3.8, 4) is 0 Å². The Balaban J connectivity index is 1.48. The highest BCUT2D eigenvalue weighted by Gasteiger charge is 2.06. The lowest BCUT2D eigenvalue weighted by Gasteiger charge is -2.08. The van der Waals surface area contributed by atoms with Gasteiger partial charge in [0.25, 0.3) is 5.91 Å². The number of rotatable bonds is 7. The predicted molar refractivity (Wildman–Crippen MR) is 105 cm³/mol. The number of hydrogen-bond acceptors (Lipinski definition) is 3. The summed E-state index contributed by atoms with van der Waals surface area (Å²) in [6.45, 7) is 3.39. The molecular weight excluding hydrogens is 322 g/mol. The minimum absolute atomic E-state index is 0.0985. The monoisotopic (exact) mass is 345 g/mol. The van der Waals surface area contributed by atoms with Gasteiger partial charge in [-0.1, -0.05) is 60.2 Å². The number of amides is 1. The lowest BCUT2D eigenvalue weighted by molar-refractivity contribution is 0.0954. The maximum atomic E-state index is 12.2. The van der Waals surface area contributed by atoms with Gasteiger partial charge in [0.1, 0.15) is 5.82 Å². The molecule has 2 aromatic carbocycles. The van der Waals surface area contributed by atoms with Crippen LogP contribution in [0.25, 0.3) is 0 Å². The second-order valence-electron chi connectivity index (χ2n) is 6.27. The Kier molecular flexibility index (Phi) is 5.99. The first kappa shape index (κ1) is 17.7. The normalized spacial score (nSPS) is 10.3. The van der Waals surface area contributed by atoms with Crippen LogP contribution in [-0.4, -0.2) is 17.4 Å². The summed E-state index contributed by atoms with van der Waals surface area (Å²) in [5.41, 5.74) is 4.22. The maximum absolute atomic E-state index is 12.2. The molecule has 1 amide bonds. The van der Waals surface area contributed by atoms with Crippen molar-refractivity contribution >= 4 is 11.7 Å². The second-order valence-corrected chi connectivity index (χ2v) is 6.27. The van der Waals surface area contributed by atoms with Crippen LogP contribution in [0.5, 0.6) is 0 Å². The van der Waals surface area contributed by atoms with Gasteiger partial charge in [0.15, 0.2) is 0 Å². The summed E-state index contributed by atoms with van der Waals surface area (Å²) in [5.74, 6) is 0.658. The minimum atomic E-state index is -0.0985. The molecule has 0 atom stereocenters. The van der Waals surface area contributed by atoms with Crippen LogP contribution >= 0.6 is 0 Å². The first-order valence-corrected chi connectivity index (χ1v) is 8.78. The Morgan fingerprint density at radius 2 is 1.77 bits per heavy atom. The third-order valence-corrected chi connectivity index (χ3v) is 4.12. The fraction of sp³-hybridized carbons (Fsp3) is 0.182. The van der Waals surface area contributed by atoms with E-state index in [1.54, 1.807) is 12.3 Å². The van der Waals surface area contributed by atoms with Crippen LogP contribution in [0.1, 0.15) is 27.0 Å². The van der Waals surface area contributed by atoms with Crippen molar-refractivity contribution in [2.45, 2.75) is 19.9 Å². The van der Waals surface area contributed by atoms with E-state index in [4.69, 9.17) is 0 Å². The van der Waals surface area contributed by atoms with Crippen molar-refractivity contribution in [2.75, 3.05) is 11.9 Å². The molecule has 1 aromatic heterocycles. The first-order chi connectivity index (χ1) is 12.7. The van der Waals surface area contributed by atoms with Gasteiger partial charge in [-0.05, 0) is 36.6 Å². The molecule has 3 aromatic rings. The van der Waals surface area contributed by atoms with Crippen molar-refractivity contribution < 1.29 is 4.79 Å². The van der Waals surface area contributed by atoms with Crippen LogP contribution in [0.2, 0.25) is 0 Å². The van der Waals surface area contributed by atoms with Gasteiger partial charge < -0.3 is 10.6 Å². The molecule has 0 saturated heterocycles. The van der Waals surface area contributed by atoms with Crippen LogP contribution in [0.3, 0.4) is 0 Å². The van der Waals surface area contributed by atoms with E-state index >= 15 is 0 Å². The lowest BCUT2D eigenvalue weighted by Crippen LogP contribution is -2.25. The topological polar surface area (TPSA) is 54.0 Å². The smallest absolute Gasteiger partial charge is 0.252 e. The van der Waals surface area contributed by atoms with Gasteiger partial charge >= 0.3 is 0 Å². The van der Waals surface area contributed by atoms with E-state index in [9.17, 15) is 4.79 Å². The molecule has 3 rings (SSSR count). The van der Waals surface area contributed by atoms with Crippen LogP contribution < -0.4 is 10.6 Å². The van der Waals surface area contributed by atoms with Gasteiger partial charge in [-0.2, -0.15) is 0 Å². The number of pyridine rings is 1. The molecule has 4 heteroatoms. The van der Waals surface area contributed by atoms with Crippen molar-refractivity contribution in [3.63, 3.8) is 0 Å². The SMILES string of the molecule is Cc1cccc(CNc2ccc(C(=O)NCCc3ccccc3)cn2)c1. The number of aromatic nitrogens is 1. The minimum Gasteiger partial charge on any atom is -0.366 e. The summed E-state index contributed by atoms with van der Waals surface area (Å²) in [6, 6.07) is 22.1. The van der Waals surface area contributed by atoms with Crippen LogP contribution in [0, 0.1) is 6.92 Å². The van der Waals surface area contributed by atoms with Crippen molar-refractivity contribution in [3.05, 3.63) is 95.2 Å².